The maximum absolute atomic E-state index is 12.8. The monoisotopic (exact) mass is 321 g/mol. The number of hydrogen-bond acceptors (Lipinski definition) is 3. The molecule has 2 heterocycles. The van der Waals surface area contributed by atoms with E-state index in [0.717, 1.165) is 52.2 Å². The summed E-state index contributed by atoms with van der Waals surface area (Å²) < 4.78 is 38.4. The Hall–Kier alpha value is -0.330. The third kappa shape index (κ3) is 5.39. The smallest absolute Gasteiger partial charge is 0.303 e. The number of likely N-dealkylation sites (tertiary alicyclic amines) is 1. The Bertz CT molecular complexity index is 325. The molecule has 2 rings (SSSR count). The average Bonchev–Trinajstić information content (AvgIpc) is 2.47. The first-order valence-corrected chi connectivity index (χ1v) is 8.61. The third-order valence-corrected chi connectivity index (χ3v) is 5.05. The van der Waals surface area contributed by atoms with Crippen molar-refractivity contribution in [1.82, 2.24) is 14.7 Å². The lowest BCUT2D eigenvalue weighted by molar-refractivity contribution is -0.186. The van der Waals surface area contributed by atoms with Crippen LogP contribution in [0.15, 0.2) is 0 Å². The summed E-state index contributed by atoms with van der Waals surface area (Å²) in [4.78, 5) is 6.94. The fourth-order valence-electron chi connectivity index (χ4n) is 3.55. The molecule has 2 fully saturated rings. The van der Waals surface area contributed by atoms with Crippen LogP contribution < -0.4 is 0 Å². The Labute approximate surface area is 132 Å². The molecule has 2 aliphatic rings. The topological polar surface area (TPSA) is 9.72 Å². The van der Waals surface area contributed by atoms with Crippen molar-refractivity contribution in [2.24, 2.45) is 5.92 Å². The SMILES string of the molecule is CC(C)N1CCN(CCCN2CCC[C@@H](C(F)(F)F)C2)CC1. The molecule has 0 saturated carbocycles. The summed E-state index contributed by atoms with van der Waals surface area (Å²) in [6, 6.07) is 0.606. The number of rotatable bonds is 5. The maximum Gasteiger partial charge on any atom is 0.393 e. The van der Waals surface area contributed by atoms with Gasteiger partial charge < -0.3 is 9.80 Å². The van der Waals surface area contributed by atoms with Gasteiger partial charge in [0.1, 0.15) is 0 Å². The van der Waals surface area contributed by atoms with Gasteiger partial charge in [-0.3, -0.25) is 4.90 Å². The van der Waals surface area contributed by atoms with Gasteiger partial charge in [0, 0.05) is 38.8 Å². The van der Waals surface area contributed by atoms with E-state index in [1.54, 1.807) is 0 Å². The predicted molar refractivity (Wildman–Crippen MR) is 83.0 cm³/mol. The summed E-state index contributed by atoms with van der Waals surface area (Å²) in [5.41, 5.74) is 0. The second-order valence-electron chi connectivity index (χ2n) is 7.01. The molecule has 0 aromatic rings. The highest BCUT2D eigenvalue weighted by atomic mass is 19.4. The number of halogens is 3. The van der Waals surface area contributed by atoms with Crippen LogP contribution >= 0.6 is 0 Å². The minimum Gasteiger partial charge on any atom is -0.303 e. The van der Waals surface area contributed by atoms with Gasteiger partial charge in [0.2, 0.25) is 0 Å². The number of alkyl halides is 3. The first-order chi connectivity index (χ1) is 10.4. The van der Waals surface area contributed by atoms with Crippen LogP contribution in [0.5, 0.6) is 0 Å². The molecule has 0 amide bonds. The van der Waals surface area contributed by atoms with Gasteiger partial charge in [-0.25, -0.2) is 0 Å². The van der Waals surface area contributed by atoms with Gasteiger partial charge in [-0.05, 0) is 52.7 Å². The molecule has 1 atom stereocenters. The second-order valence-corrected chi connectivity index (χ2v) is 7.01. The largest absolute Gasteiger partial charge is 0.393 e. The van der Waals surface area contributed by atoms with Crippen molar-refractivity contribution in [1.29, 1.82) is 0 Å². The van der Waals surface area contributed by atoms with Crippen molar-refractivity contribution in [3.8, 4) is 0 Å². The molecule has 0 aromatic heterocycles. The van der Waals surface area contributed by atoms with Crippen LogP contribution in [0.1, 0.15) is 33.1 Å². The van der Waals surface area contributed by atoms with Gasteiger partial charge in [-0.2, -0.15) is 13.2 Å². The van der Waals surface area contributed by atoms with Crippen molar-refractivity contribution < 1.29 is 13.2 Å². The Balaban J connectivity index is 1.63. The number of piperazine rings is 1. The Morgan fingerprint density at radius 2 is 1.59 bits per heavy atom. The highest BCUT2D eigenvalue weighted by Gasteiger charge is 2.41. The van der Waals surface area contributed by atoms with Crippen LogP contribution in [0, 0.1) is 5.92 Å². The van der Waals surface area contributed by atoms with E-state index in [9.17, 15) is 13.2 Å². The molecule has 0 N–H and O–H groups in total. The molecule has 0 aromatic carbocycles. The molecule has 0 bridgehead atoms. The number of piperidine rings is 1. The van der Waals surface area contributed by atoms with Crippen molar-refractivity contribution in [2.75, 3.05) is 52.4 Å². The van der Waals surface area contributed by atoms with Crippen molar-refractivity contribution in [2.45, 2.75) is 45.3 Å². The molecule has 130 valence electrons. The maximum atomic E-state index is 12.8. The van der Waals surface area contributed by atoms with E-state index in [2.05, 4.69) is 23.6 Å². The minimum absolute atomic E-state index is 0.199. The van der Waals surface area contributed by atoms with Gasteiger partial charge in [-0.15, -0.1) is 0 Å². The third-order valence-electron chi connectivity index (χ3n) is 5.05. The molecule has 22 heavy (non-hydrogen) atoms. The van der Waals surface area contributed by atoms with Gasteiger partial charge in [0.15, 0.2) is 0 Å². The van der Waals surface area contributed by atoms with Gasteiger partial charge >= 0.3 is 6.18 Å². The summed E-state index contributed by atoms with van der Waals surface area (Å²) in [6.07, 6.45) is -2.06. The quantitative estimate of drug-likeness (QED) is 0.771. The molecule has 6 heteroatoms. The van der Waals surface area contributed by atoms with Crippen LogP contribution in [0.4, 0.5) is 13.2 Å². The molecule has 0 spiro atoms. The molecule has 0 radical (unpaired) electrons. The van der Waals surface area contributed by atoms with Crippen LogP contribution in [0.2, 0.25) is 0 Å². The van der Waals surface area contributed by atoms with Crippen LogP contribution in [0.25, 0.3) is 0 Å². The van der Waals surface area contributed by atoms with E-state index in [1.165, 1.54) is 0 Å². The minimum atomic E-state index is -4.02. The Morgan fingerprint density at radius 1 is 0.955 bits per heavy atom. The molecule has 0 aliphatic carbocycles. The van der Waals surface area contributed by atoms with E-state index in [4.69, 9.17) is 0 Å². The second kappa shape index (κ2) is 7.97. The molecule has 3 nitrogen and oxygen atoms in total. The Morgan fingerprint density at radius 3 is 2.18 bits per heavy atom. The summed E-state index contributed by atoms with van der Waals surface area (Å²) in [5.74, 6) is -1.11. The Kier molecular flexibility index (Phi) is 6.53. The zero-order chi connectivity index (χ0) is 16.2. The lowest BCUT2D eigenvalue weighted by Crippen LogP contribution is -2.49. The van der Waals surface area contributed by atoms with Crippen molar-refractivity contribution in [3.05, 3.63) is 0 Å². The van der Waals surface area contributed by atoms with Gasteiger partial charge in [0.25, 0.3) is 0 Å². The van der Waals surface area contributed by atoms with Gasteiger partial charge in [-0.1, -0.05) is 0 Å². The zero-order valence-corrected chi connectivity index (χ0v) is 13.9. The fourth-order valence-corrected chi connectivity index (χ4v) is 3.55. The first kappa shape index (κ1) is 18.0. The molecule has 2 aliphatic heterocycles. The summed E-state index contributed by atoms with van der Waals surface area (Å²) in [7, 11) is 0. The van der Waals surface area contributed by atoms with Crippen LogP contribution in [-0.4, -0.2) is 79.3 Å². The van der Waals surface area contributed by atoms with E-state index in [0.29, 0.717) is 18.9 Å². The molecular weight excluding hydrogens is 291 g/mol. The highest BCUT2D eigenvalue weighted by molar-refractivity contribution is 4.79. The standard InChI is InChI=1S/C16H30F3N3/c1-14(2)22-11-9-20(10-12-22)7-4-8-21-6-3-5-15(13-21)16(17,18)19/h14-15H,3-13H2,1-2H3/t15-/m1/s1. The van der Waals surface area contributed by atoms with Crippen LogP contribution in [0.3, 0.4) is 0 Å². The van der Waals surface area contributed by atoms with E-state index in [1.807, 2.05) is 4.90 Å². The van der Waals surface area contributed by atoms with Crippen molar-refractivity contribution in [3.63, 3.8) is 0 Å². The summed E-state index contributed by atoms with van der Waals surface area (Å²) in [6.45, 7) is 11.7. The molecular formula is C16H30F3N3. The predicted octanol–water partition coefficient (Wildman–Crippen LogP) is 2.68. The zero-order valence-electron chi connectivity index (χ0n) is 13.9. The molecule has 0 unspecified atom stereocenters. The van der Waals surface area contributed by atoms with E-state index < -0.39 is 12.1 Å². The van der Waals surface area contributed by atoms with Crippen LogP contribution in [-0.2, 0) is 0 Å². The lowest BCUT2D eigenvalue weighted by Gasteiger charge is -2.37. The summed E-state index contributed by atoms with van der Waals surface area (Å²) >= 11 is 0. The fraction of sp³-hybridized carbons (Fsp3) is 1.00. The number of hydrogen-bond donors (Lipinski definition) is 0. The molecule has 2 saturated heterocycles. The normalized spacial score (nSPS) is 26.7. The van der Waals surface area contributed by atoms with E-state index in [-0.39, 0.29) is 6.54 Å². The first-order valence-electron chi connectivity index (χ1n) is 8.61. The summed E-state index contributed by atoms with van der Waals surface area (Å²) in [5, 5.41) is 0. The van der Waals surface area contributed by atoms with Gasteiger partial charge in [0.05, 0.1) is 5.92 Å². The lowest BCUT2D eigenvalue weighted by atomic mass is 9.97. The average molecular weight is 321 g/mol. The highest BCUT2D eigenvalue weighted by Crippen LogP contribution is 2.33. The number of nitrogens with zero attached hydrogens (tertiary/aromatic N) is 3. The van der Waals surface area contributed by atoms with E-state index >= 15 is 0 Å². The van der Waals surface area contributed by atoms with Crippen molar-refractivity contribution >= 4 is 0 Å².